The molecule has 17 heavy (non-hydrogen) atoms. The molecule has 1 heterocycles. The highest BCUT2D eigenvalue weighted by Gasteiger charge is 2.23. The summed E-state index contributed by atoms with van der Waals surface area (Å²) >= 11 is 1.52. The van der Waals surface area contributed by atoms with E-state index in [0.717, 1.165) is 25.0 Å². The Labute approximate surface area is 104 Å². The zero-order valence-electron chi connectivity index (χ0n) is 9.86. The minimum absolute atomic E-state index is 0.102. The number of thioether (sulfide) groups is 1. The molecule has 1 N–H and O–H groups in total. The van der Waals surface area contributed by atoms with Crippen LogP contribution in [0.25, 0.3) is 0 Å². The smallest absolute Gasteiger partial charge is 0.251 e. The summed E-state index contributed by atoms with van der Waals surface area (Å²) in [4.78, 5) is 29.8. The van der Waals surface area contributed by atoms with Crippen molar-refractivity contribution in [1.29, 1.82) is 0 Å². The average molecular weight is 252 g/mol. The van der Waals surface area contributed by atoms with Crippen LogP contribution in [0.3, 0.4) is 0 Å². The molecule has 1 atom stereocenters. The summed E-state index contributed by atoms with van der Waals surface area (Å²) < 4.78 is 0. The van der Waals surface area contributed by atoms with E-state index in [1.54, 1.807) is 6.07 Å². The molecule has 1 aromatic rings. The largest absolute Gasteiger partial charge is 0.301 e. The third kappa shape index (κ3) is 3.43. The van der Waals surface area contributed by atoms with Crippen LogP contribution in [0.5, 0.6) is 0 Å². The zero-order chi connectivity index (χ0) is 12.3. The van der Waals surface area contributed by atoms with E-state index in [2.05, 4.69) is 16.9 Å². The first-order valence-corrected chi connectivity index (χ1v) is 6.84. The fourth-order valence-corrected chi connectivity index (χ4v) is 3.11. The van der Waals surface area contributed by atoms with E-state index < -0.39 is 0 Å². The number of aromatic amines is 1. The molecule has 0 aromatic carbocycles. The summed E-state index contributed by atoms with van der Waals surface area (Å²) in [5, 5.41) is 0.933. The van der Waals surface area contributed by atoms with Gasteiger partial charge >= 0.3 is 0 Å². The van der Waals surface area contributed by atoms with Gasteiger partial charge < -0.3 is 4.98 Å². The summed E-state index contributed by atoms with van der Waals surface area (Å²) in [6.07, 6.45) is 3.96. The van der Waals surface area contributed by atoms with Crippen molar-refractivity contribution in [2.45, 2.75) is 49.4 Å². The molecule has 0 saturated heterocycles. The van der Waals surface area contributed by atoms with Crippen LogP contribution in [-0.2, 0) is 11.2 Å². The van der Waals surface area contributed by atoms with Gasteiger partial charge in [0.25, 0.3) is 5.56 Å². The number of hydrogen-bond donors (Lipinski definition) is 1. The van der Waals surface area contributed by atoms with Gasteiger partial charge in [0.2, 0.25) is 0 Å². The molecule has 1 saturated carbocycles. The number of nitrogens with one attached hydrogen (secondary N) is 1. The summed E-state index contributed by atoms with van der Waals surface area (Å²) in [6, 6.07) is 1.55. The maximum absolute atomic E-state index is 11.4. The number of carbonyl (C=O) groups excluding carboxylic acids is 1. The van der Waals surface area contributed by atoms with Gasteiger partial charge in [0.05, 0.1) is 0 Å². The maximum atomic E-state index is 11.4. The fourth-order valence-electron chi connectivity index (χ4n) is 1.96. The van der Waals surface area contributed by atoms with Gasteiger partial charge in [-0.05, 0) is 12.8 Å². The Balaban J connectivity index is 2.09. The summed E-state index contributed by atoms with van der Waals surface area (Å²) in [5.74, 6) is 0.314. The van der Waals surface area contributed by atoms with Gasteiger partial charge in [0, 0.05) is 29.9 Å². The second kappa shape index (κ2) is 5.49. The topological polar surface area (TPSA) is 62.8 Å². The summed E-state index contributed by atoms with van der Waals surface area (Å²) in [6.45, 7) is 2.06. The molecular weight excluding hydrogens is 236 g/mol. The molecule has 4 nitrogen and oxygen atoms in total. The average Bonchev–Trinajstić information content (AvgIpc) is 2.63. The van der Waals surface area contributed by atoms with E-state index in [4.69, 9.17) is 0 Å². The van der Waals surface area contributed by atoms with E-state index in [0.29, 0.717) is 23.8 Å². The molecule has 1 fully saturated rings. The van der Waals surface area contributed by atoms with Crippen molar-refractivity contribution >= 4 is 17.5 Å². The van der Waals surface area contributed by atoms with Crippen molar-refractivity contribution in [3.05, 3.63) is 22.1 Å². The summed E-state index contributed by atoms with van der Waals surface area (Å²) in [5.41, 5.74) is 0.735. The number of rotatable bonds is 4. The lowest BCUT2D eigenvalue weighted by Gasteiger charge is -2.07. The highest BCUT2D eigenvalue weighted by atomic mass is 32.2. The molecule has 2 rings (SSSR count). The lowest BCUT2D eigenvalue weighted by atomic mass is 10.2. The highest BCUT2D eigenvalue weighted by molar-refractivity contribution is 7.99. The van der Waals surface area contributed by atoms with Crippen LogP contribution in [0.15, 0.2) is 16.0 Å². The predicted molar refractivity (Wildman–Crippen MR) is 67.4 cm³/mol. The van der Waals surface area contributed by atoms with E-state index in [1.165, 1.54) is 11.8 Å². The first-order chi connectivity index (χ1) is 8.17. The summed E-state index contributed by atoms with van der Waals surface area (Å²) in [7, 11) is 0. The zero-order valence-corrected chi connectivity index (χ0v) is 10.7. The molecule has 1 aliphatic rings. The molecule has 0 aliphatic heterocycles. The molecule has 1 aromatic heterocycles. The van der Waals surface area contributed by atoms with Crippen molar-refractivity contribution in [2.75, 3.05) is 0 Å². The molecule has 0 amide bonds. The van der Waals surface area contributed by atoms with Gasteiger partial charge in [-0.1, -0.05) is 25.1 Å². The molecule has 0 radical (unpaired) electrons. The van der Waals surface area contributed by atoms with Crippen LogP contribution in [0, 0.1) is 0 Å². The van der Waals surface area contributed by atoms with Crippen LogP contribution in [0.2, 0.25) is 0 Å². The number of aryl methyl sites for hydroxylation is 1. The Morgan fingerprint density at radius 1 is 1.53 bits per heavy atom. The molecule has 0 bridgehead atoms. The van der Waals surface area contributed by atoms with E-state index >= 15 is 0 Å². The Morgan fingerprint density at radius 2 is 2.35 bits per heavy atom. The van der Waals surface area contributed by atoms with Crippen LogP contribution in [0.4, 0.5) is 0 Å². The Hall–Kier alpha value is -1.10. The van der Waals surface area contributed by atoms with Gasteiger partial charge in [-0.2, -0.15) is 0 Å². The number of H-pyrrole nitrogens is 1. The Kier molecular flexibility index (Phi) is 3.99. The van der Waals surface area contributed by atoms with Crippen LogP contribution < -0.4 is 5.56 Å². The van der Waals surface area contributed by atoms with Crippen LogP contribution in [0.1, 0.15) is 38.3 Å². The van der Waals surface area contributed by atoms with E-state index in [9.17, 15) is 9.59 Å². The predicted octanol–water partition coefficient (Wildman–Crippen LogP) is 1.94. The minimum Gasteiger partial charge on any atom is -0.301 e. The maximum Gasteiger partial charge on any atom is 0.251 e. The lowest BCUT2D eigenvalue weighted by Crippen LogP contribution is -2.11. The monoisotopic (exact) mass is 252 g/mol. The van der Waals surface area contributed by atoms with Gasteiger partial charge in [0.1, 0.15) is 5.78 Å². The first kappa shape index (κ1) is 12.4. The standard InChI is InChI=1S/C12H16N2O2S/c1-2-3-8-6-11(16)14-12(13-8)17-10-5-4-9(15)7-10/h6,10H,2-5,7H2,1H3,(H,13,14,16). The van der Waals surface area contributed by atoms with Gasteiger partial charge in [-0.3, -0.25) is 9.59 Å². The van der Waals surface area contributed by atoms with Crippen molar-refractivity contribution in [2.24, 2.45) is 0 Å². The quantitative estimate of drug-likeness (QED) is 0.832. The normalized spacial score (nSPS) is 19.8. The highest BCUT2D eigenvalue weighted by Crippen LogP contribution is 2.30. The van der Waals surface area contributed by atoms with Crippen molar-refractivity contribution in [1.82, 2.24) is 9.97 Å². The molecule has 1 aliphatic carbocycles. The second-order valence-electron chi connectivity index (χ2n) is 4.31. The number of Topliss-reactive ketones (excluding diaryl/α,β-unsaturated/α-hetero) is 1. The minimum atomic E-state index is -0.102. The second-order valence-corrected chi connectivity index (χ2v) is 5.60. The number of hydrogen-bond acceptors (Lipinski definition) is 4. The van der Waals surface area contributed by atoms with Crippen LogP contribution in [-0.4, -0.2) is 21.0 Å². The van der Waals surface area contributed by atoms with Gasteiger partial charge in [-0.25, -0.2) is 4.98 Å². The molecule has 0 spiro atoms. The third-order valence-electron chi connectivity index (χ3n) is 2.76. The van der Waals surface area contributed by atoms with E-state index in [1.807, 2.05) is 0 Å². The van der Waals surface area contributed by atoms with Crippen molar-refractivity contribution in [3.63, 3.8) is 0 Å². The lowest BCUT2D eigenvalue weighted by molar-refractivity contribution is -0.117. The van der Waals surface area contributed by atoms with Crippen molar-refractivity contribution < 1.29 is 4.79 Å². The van der Waals surface area contributed by atoms with Crippen LogP contribution >= 0.6 is 11.8 Å². The van der Waals surface area contributed by atoms with Gasteiger partial charge in [0.15, 0.2) is 5.16 Å². The fraction of sp³-hybridized carbons (Fsp3) is 0.583. The number of nitrogens with zero attached hydrogens (tertiary/aromatic N) is 1. The molecular formula is C12H16N2O2S. The number of carbonyl (C=O) groups is 1. The SMILES string of the molecule is CCCc1cc(=O)[nH]c(SC2CCC(=O)C2)n1. The molecule has 5 heteroatoms. The van der Waals surface area contributed by atoms with E-state index in [-0.39, 0.29) is 10.8 Å². The number of ketones is 1. The number of aromatic nitrogens is 2. The Bertz CT molecular complexity index is 470. The molecule has 1 unspecified atom stereocenters. The third-order valence-corrected chi connectivity index (χ3v) is 3.91. The van der Waals surface area contributed by atoms with Gasteiger partial charge in [-0.15, -0.1) is 0 Å². The Morgan fingerprint density at radius 3 is 3.00 bits per heavy atom. The first-order valence-electron chi connectivity index (χ1n) is 5.96. The van der Waals surface area contributed by atoms with Crippen molar-refractivity contribution in [3.8, 4) is 0 Å². The molecule has 92 valence electrons.